The van der Waals surface area contributed by atoms with Crippen molar-refractivity contribution >= 4 is 18.6 Å². The maximum atomic E-state index is 11.6. The molecule has 0 heterocycles. The fourth-order valence-corrected chi connectivity index (χ4v) is 1.51. The maximum Gasteiger partial charge on any atom is 0.310 e. The second kappa shape index (κ2) is 7.35. The summed E-state index contributed by atoms with van der Waals surface area (Å²) in [6, 6.07) is 7.46. The van der Waals surface area contributed by atoms with Gasteiger partial charge < -0.3 is 9.47 Å². The van der Waals surface area contributed by atoms with E-state index in [0.717, 1.165) is 10.5 Å². The summed E-state index contributed by atoms with van der Waals surface area (Å²) in [6.07, 6.45) is 0.0800. The molecule has 0 fully saturated rings. The van der Waals surface area contributed by atoms with E-state index >= 15 is 0 Å². The van der Waals surface area contributed by atoms with E-state index in [-0.39, 0.29) is 18.5 Å². The molecular weight excluding hydrogens is 236 g/mol. The number of ether oxygens (including phenoxy) is 2. The molecule has 0 radical (unpaired) electrons. The van der Waals surface area contributed by atoms with Gasteiger partial charge in [0.1, 0.15) is 6.10 Å². The van der Waals surface area contributed by atoms with Crippen LogP contribution in [0.3, 0.4) is 0 Å². The van der Waals surface area contributed by atoms with Crippen LogP contribution in [-0.2, 0) is 20.7 Å². The fourth-order valence-electron chi connectivity index (χ4n) is 1.36. The van der Waals surface area contributed by atoms with Crippen molar-refractivity contribution in [2.24, 2.45) is 0 Å². The van der Waals surface area contributed by atoms with Gasteiger partial charge in [-0.2, -0.15) is 0 Å². The molecule has 0 N–H and O–H groups in total. The number of carbonyl (C=O) groups excluding carboxylic acids is 1. The molecular formula is C13H18O3S. The average Bonchev–Trinajstić information content (AvgIpc) is 2.29. The van der Waals surface area contributed by atoms with Gasteiger partial charge in [0.15, 0.2) is 0 Å². The van der Waals surface area contributed by atoms with Crippen LogP contribution in [0, 0.1) is 0 Å². The Morgan fingerprint density at radius 1 is 1.35 bits per heavy atom. The van der Waals surface area contributed by atoms with E-state index in [2.05, 4.69) is 12.6 Å². The molecule has 4 heteroatoms. The van der Waals surface area contributed by atoms with Crippen molar-refractivity contribution < 1.29 is 14.3 Å². The van der Waals surface area contributed by atoms with Gasteiger partial charge >= 0.3 is 5.97 Å². The minimum Gasteiger partial charge on any atom is -0.460 e. The van der Waals surface area contributed by atoms with Crippen molar-refractivity contribution in [1.29, 1.82) is 0 Å². The third-order valence-corrected chi connectivity index (χ3v) is 2.47. The first-order chi connectivity index (χ1) is 8.11. The van der Waals surface area contributed by atoms with E-state index in [1.807, 2.05) is 38.1 Å². The van der Waals surface area contributed by atoms with Crippen LogP contribution in [0.15, 0.2) is 29.2 Å². The minimum atomic E-state index is -0.232. The number of carbonyl (C=O) groups is 1. The average molecular weight is 254 g/mol. The van der Waals surface area contributed by atoms with Crippen molar-refractivity contribution in [1.82, 2.24) is 0 Å². The molecule has 0 aliphatic heterocycles. The van der Waals surface area contributed by atoms with Gasteiger partial charge in [0.2, 0.25) is 0 Å². The highest BCUT2D eigenvalue weighted by Crippen LogP contribution is 2.09. The number of hydrogen-bond donors (Lipinski definition) is 1. The summed E-state index contributed by atoms with van der Waals surface area (Å²) in [5.41, 5.74) is 0.927. The largest absolute Gasteiger partial charge is 0.460 e. The smallest absolute Gasteiger partial charge is 0.310 e. The predicted molar refractivity (Wildman–Crippen MR) is 69.4 cm³/mol. The molecule has 3 nitrogen and oxygen atoms in total. The number of rotatable bonds is 6. The molecule has 0 saturated heterocycles. The summed E-state index contributed by atoms with van der Waals surface area (Å²) in [7, 11) is 0. The third-order valence-electron chi connectivity index (χ3n) is 2.17. The molecule has 0 amide bonds. The van der Waals surface area contributed by atoms with E-state index in [4.69, 9.17) is 9.47 Å². The zero-order valence-corrected chi connectivity index (χ0v) is 11.1. The Hall–Kier alpha value is -1.00. The quantitative estimate of drug-likeness (QED) is 0.626. The first kappa shape index (κ1) is 14.1. The fraction of sp³-hybridized carbons (Fsp3) is 0.462. The molecule has 94 valence electrons. The Bertz CT molecular complexity index is 348. The van der Waals surface area contributed by atoms with Crippen LogP contribution < -0.4 is 0 Å². The Morgan fingerprint density at radius 3 is 2.59 bits per heavy atom. The van der Waals surface area contributed by atoms with Crippen molar-refractivity contribution in [2.75, 3.05) is 13.2 Å². The van der Waals surface area contributed by atoms with Crippen LogP contribution in [0.5, 0.6) is 0 Å². The van der Waals surface area contributed by atoms with E-state index in [1.165, 1.54) is 0 Å². The van der Waals surface area contributed by atoms with Crippen LogP contribution in [0.2, 0.25) is 0 Å². The molecule has 0 spiro atoms. The lowest BCUT2D eigenvalue weighted by Gasteiger charge is -2.12. The van der Waals surface area contributed by atoms with Crippen LogP contribution in [-0.4, -0.2) is 25.3 Å². The molecule has 0 aliphatic carbocycles. The molecule has 1 unspecified atom stereocenters. The van der Waals surface area contributed by atoms with Gasteiger partial charge in [-0.25, -0.2) is 0 Å². The molecule has 0 aromatic heterocycles. The second-order valence-electron chi connectivity index (χ2n) is 3.80. The van der Waals surface area contributed by atoms with Crippen LogP contribution >= 0.6 is 12.6 Å². The summed E-state index contributed by atoms with van der Waals surface area (Å²) in [4.78, 5) is 12.5. The molecule has 0 aliphatic rings. The summed E-state index contributed by atoms with van der Waals surface area (Å²) >= 11 is 4.18. The van der Waals surface area contributed by atoms with E-state index in [0.29, 0.717) is 13.2 Å². The van der Waals surface area contributed by atoms with E-state index in [9.17, 15) is 4.79 Å². The van der Waals surface area contributed by atoms with Gasteiger partial charge in [-0.15, -0.1) is 12.6 Å². The molecule has 0 bridgehead atoms. The van der Waals surface area contributed by atoms with Gasteiger partial charge in [0.05, 0.1) is 13.0 Å². The zero-order chi connectivity index (χ0) is 12.7. The molecule has 1 aromatic carbocycles. The molecule has 1 aromatic rings. The molecule has 1 rings (SSSR count). The van der Waals surface area contributed by atoms with Crippen LogP contribution in [0.4, 0.5) is 0 Å². The SMILES string of the molecule is CCOCC(C)OC(=O)Cc1ccc(S)cc1. The Morgan fingerprint density at radius 2 is 2.00 bits per heavy atom. The molecule has 0 saturated carbocycles. The first-order valence-electron chi connectivity index (χ1n) is 5.67. The van der Waals surface area contributed by atoms with Crippen LogP contribution in [0.25, 0.3) is 0 Å². The monoisotopic (exact) mass is 254 g/mol. The van der Waals surface area contributed by atoms with Gasteiger partial charge in [0, 0.05) is 11.5 Å². The van der Waals surface area contributed by atoms with Crippen molar-refractivity contribution in [3.05, 3.63) is 29.8 Å². The normalized spacial score (nSPS) is 12.2. The highest BCUT2D eigenvalue weighted by atomic mass is 32.1. The number of benzene rings is 1. The lowest BCUT2D eigenvalue weighted by atomic mass is 10.1. The molecule has 1 atom stereocenters. The number of esters is 1. The van der Waals surface area contributed by atoms with Gasteiger partial charge in [-0.1, -0.05) is 12.1 Å². The summed E-state index contributed by atoms with van der Waals surface area (Å²) in [5.74, 6) is -0.232. The first-order valence-corrected chi connectivity index (χ1v) is 6.11. The Kier molecular flexibility index (Phi) is 6.08. The topological polar surface area (TPSA) is 35.5 Å². The summed E-state index contributed by atoms with van der Waals surface area (Å²) in [6.45, 7) is 4.81. The Labute approximate surface area is 108 Å². The van der Waals surface area contributed by atoms with Gasteiger partial charge in [-0.05, 0) is 31.5 Å². The maximum absolute atomic E-state index is 11.6. The molecule has 17 heavy (non-hydrogen) atoms. The number of thiol groups is 1. The van der Waals surface area contributed by atoms with Crippen molar-refractivity contribution in [3.8, 4) is 0 Å². The highest BCUT2D eigenvalue weighted by molar-refractivity contribution is 7.80. The van der Waals surface area contributed by atoms with Gasteiger partial charge in [0.25, 0.3) is 0 Å². The lowest BCUT2D eigenvalue weighted by Crippen LogP contribution is -2.21. The summed E-state index contributed by atoms with van der Waals surface area (Å²) < 4.78 is 10.4. The second-order valence-corrected chi connectivity index (χ2v) is 4.32. The lowest BCUT2D eigenvalue weighted by molar-refractivity contribution is -0.150. The van der Waals surface area contributed by atoms with E-state index in [1.54, 1.807) is 0 Å². The van der Waals surface area contributed by atoms with Crippen molar-refractivity contribution in [2.45, 2.75) is 31.3 Å². The van der Waals surface area contributed by atoms with Crippen LogP contribution in [0.1, 0.15) is 19.4 Å². The third kappa shape index (κ3) is 5.75. The van der Waals surface area contributed by atoms with Gasteiger partial charge in [-0.3, -0.25) is 4.79 Å². The zero-order valence-electron chi connectivity index (χ0n) is 10.2. The predicted octanol–water partition coefficient (Wildman–Crippen LogP) is 2.49. The minimum absolute atomic E-state index is 0.202. The summed E-state index contributed by atoms with van der Waals surface area (Å²) in [5, 5.41) is 0. The van der Waals surface area contributed by atoms with E-state index < -0.39 is 0 Å². The standard InChI is InChI=1S/C13H18O3S/c1-3-15-9-10(2)16-13(14)8-11-4-6-12(17)7-5-11/h4-7,10,17H,3,8-9H2,1-2H3. The highest BCUT2D eigenvalue weighted by Gasteiger charge is 2.10. The van der Waals surface area contributed by atoms with Crippen molar-refractivity contribution in [3.63, 3.8) is 0 Å². The number of hydrogen-bond acceptors (Lipinski definition) is 4. The Balaban J connectivity index is 2.36.